The van der Waals surface area contributed by atoms with Gasteiger partial charge in [-0.3, -0.25) is 0 Å². The lowest BCUT2D eigenvalue weighted by Gasteiger charge is -2.21. The van der Waals surface area contributed by atoms with Crippen LogP contribution in [0.25, 0.3) is 131 Å². The van der Waals surface area contributed by atoms with Gasteiger partial charge in [-0.15, -0.1) is 0 Å². The molecular formula is C62H38. The lowest BCUT2D eigenvalue weighted by atomic mass is 9.82. The Morgan fingerprint density at radius 3 is 0.935 bits per heavy atom. The van der Waals surface area contributed by atoms with Crippen LogP contribution in [0.3, 0.4) is 0 Å². The maximum Gasteiger partial charge on any atom is -0.00259 e. The molecule has 286 valence electrons. The first-order valence-corrected chi connectivity index (χ1v) is 21.6. The fourth-order valence-corrected chi connectivity index (χ4v) is 10.5. The molecule has 0 spiro atoms. The molecule has 0 heteroatoms. The molecule has 0 heterocycles. The third-order valence-electron chi connectivity index (χ3n) is 13.4. The Bertz CT molecular complexity index is 3720. The normalized spacial score (nSPS) is 11.9. The molecule has 0 saturated heterocycles. The second-order valence-electron chi connectivity index (χ2n) is 16.8. The van der Waals surface area contributed by atoms with Crippen molar-refractivity contribution in [2.45, 2.75) is 0 Å². The molecule has 13 aromatic carbocycles. The maximum atomic E-state index is 2.48. The smallest absolute Gasteiger partial charge is 0.00259 e. The highest BCUT2D eigenvalue weighted by atomic mass is 14.2. The minimum atomic E-state index is 1.21. The monoisotopic (exact) mass is 782 g/mol. The molecule has 0 aliphatic heterocycles. The SMILES string of the molecule is c1ccc2cc(-c3c4ccc(-c5cc6ccccc6c6ccccc56)cc4c(-c4ccc5ccccc5c4)c4ccc(-c5cc6ccccc6c6ccccc56)cc34)ccc2c1. The lowest BCUT2D eigenvalue weighted by molar-refractivity contribution is 1.66. The highest BCUT2D eigenvalue weighted by Crippen LogP contribution is 2.48. The van der Waals surface area contributed by atoms with Crippen LogP contribution < -0.4 is 0 Å². The van der Waals surface area contributed by atoms with Crippen molar-refractivity contribution in [1.82, 2.24) is 0 Å². The first kappa shape index (κ1) is 34.8. The first-order valence-electron chi connectivity index (χ1n) is 21.6. The molecule has 0 aliphatic rings. The van der Waals surface area contributed by atoms with E-state index in [-0.39, 0.29) is 0 Å². The van der Waals surface area contributed by atoms with Crippen LogP contribution in [0.4, 0.5) is 0 Å². The fourth-order valence-electron chi connectivity index (χ4n) is 10.5. The number of benzene rings is 13. The topological polar surface area (TPSA) is 0 Å². The Kier molecular flexibility index (Phi) is 7.71. The van der Waals surface area contributed by atoms with E-state index in [4.69, 9.17) is 0 Å². The van der Waals surface area contributed by atoms with Crippen molar-refractivity contribution in [1.29, 1.82) is 0 Å². The van der Waals surface area contributed by atoms with Gasteiger partial charge in [0.05, 0.1) is 0 Å². The van der Waals surface area contributed by atoms with Crippen LogP contribution in [0.2, 0.25) is 0 Å². The summed E-state index contributed by atoms with van der Waals surface area (Å²) in [6, 6.07) is 86.1. The fraction of sp³-hybridized carbons (Fsp3) is 0. The molecule has 0 nitrogen and oxygen atoms in total. The van der Waals surface area contributed by atoms with Gasteiger partial charge in [0.25, 0.3) is 0 Å². The summed E-state index contributed by atoms with van der Waals surface area (Å²) in [7, 11) is 0. The summed E-state index contributed by atoms with van der Waals surface area (Å²) in [5.41, 5.74) is 9.86. The van der Waals surface area contributed by atoms with E-state index in [0.717, 1.165) is 0 Å². The minimum absolute atomic E-state index is 1.21. The zero-order valence-corrected chi connectivity index (χ0v) is 33.9. The van der Waals surface area contributed by atoms with E-state index >= 15 is 0 Å². The second kappa shape index (κ2) is 13.7. The largest absolute Gasteiger partial charge is 0.0616 e. The van der Waals surface area contributed by atoms with Gasteiger partial charge in [0, 0.05) is 0 Å². The zero-order valence-electron chi connectivity index (χ0n) is 33.9. The van der Waals surface area contributed by atoms with E-state index in [1.165, 1.54) is 131 Å². The summed E-state index contributed by atoms with van der Waals surface area (Å²) in [6.45, 7) is 0. The molecule has 0 aliphatic carbocycles. The Hall–Kier alpha value is -8.06. The van der Waals surface area contributed by atoms with E-state index in [9.17, 15) is 0 Å². The van der Waals surface area contributed by atoms with E-state index in [2.05, 4.69) is 231 Å². The quantitative estimate of drug-likeness (QED) is 0.123. The molecule has 0 saturated carbocycles. The Balaban J connectivity index is 1.18. The van der Waals surface area contributed by atoms with Gasteiger partial charge in [-0.1, -0.05) is 194 Å². The average Bonchev–Trinajstić information content (AvgIpc) is 3.34. The van der Waals surface area contributed by atoms with Gasteiger partial charge in [-0.25, -0.2) is 0 Å². The highest BCUT2D eigenvalue weighted by molar-refractivity contribution is 6.24. The van der Waals surface area contributed by atoms with Gasteiger partial charge >= 0.3 is 0 Å². The van der Waals surface area contributed by atoms with Crippen LogP contribution in [0.15, 0.2) is 231 Å². The number of hydrogen-bond donors (Lipinski definition) is 0. The van der Waals surface area contributed by atoms with E-state index in [0.29, 0.717) is 0 Å². The van der Waals surface area contributed by atoms with Gasteiger partial charge in [-0.2, -0.15) is 0 Å². The molecule has 0 atom stereocenters. The molecule has 62 heavy (non-hydrogen) atoms. The van der Waals surface area contributed by atoms with Crippen molar-refractivity contribution in [3.8, 4) is 44.5 Å². The van der Waals surface area contributed by atoms with Crippen molar-refractivity contribution in [3.05, 3.63) is 231 Å². The predicted octanol–water partition coefficient (Wildman–Crippen LogP) is 17.6. The summed E-state index contributed by atoms with van der Waals surface area (Å²) in [5, 5.41) is 20.1. The lowest BCUT2D eigenvalue weighted by Crippen LogP contribution is -1.94. The summed E-state index contributed by atoms with van der Waals surface area (Å²) in [5.74, 6) is 0. The Morgan fingerprint density at radius 1 is 0.161 bits per heavy atom. The standard InChI is InChI=1S/C62H38/c1-3-15-41-33-47(27-25-39(41)13-1)61-55-31-29-46(58-36-44-18-6-8-20-50(44)52-22-10-12-24-54(52)58)38-60(55)62(48-28-26-40-14-2-4-16-42(40)34-48)56-32-30-45(37-59(56)61)57-35-43-17-5-7-19-49(43)51-21-9-11-23-53(51)57/h1-38H. The summed E-state index contributed by atoms with van der Waals surface area (Å²) in [6.07, 6.45) is 0. The van der Waals surface area contributed by atoms with Crippen molar-refractivity contribution >= 4 is 86.2 Å². The summed E-state index contributed by atoms with van der Waals surface area (Å²) in [4.78, 5) is 0. The van der Waals surface area contributed by atoms with Crippen LogP contribution in [-0.2, 0) is 0 Å². The molecule has 0 aromatic heterocycles. The van der Waals surface area contributed by atoms with E-state index in [1.807, 2.05) is 0 Å². The molecule has 0 unspecified atom stereocenters. The molecule has 0 N–H and O–H groups in total. The molecule has 0 amide bonds. The maximum absolute atomic E-state index is 2.48. The second-order valence-corrected chi connectivity index (χ2v) is 16.8. The van der Waals surface area contributed by atoms with Gasteiger partial charge < -0.3 is 0 Å². The van der Waals surface area contributed by atoms with Gasteiger partial charge in [0.15, 0.2) is 0 Å². The van der Waals surface area contributed by atoms with Gasteiger partial charge in [0.1, 0.15) is 0 Å². The van der Waals surface area contributed by atoms with Crippen LogP contribution in [0.5, 0.6) is 0 Å². The molecular weight excluding hydrogens is 745 g/mol. The number of fused-ring (bicyclic) bond motifs is 10. The highest BCUT2D eigenvalue weighted by Gasteiger charge is 2.21. The molecule has 0 fully saturated rings. The molecule has 0 bridgehead atoms. The van der Waals surface area contributed by atoms with Gasteiger partial charge in [0.2, 0.25) is 0 Å². The molecule has 0 radical (unpaired) electrons. The van der Waals surface area contributed by atoms with E-state index < -0.39 is 0 Å². The minimum Gasteiger partial charge on any atom is -0.0616 e. The third kappa shape index (κ3) is 5.40. The number of hydrogen-bond acceptors (Lipinski definition) is 0. The summed E-state index contributed by atoms with van der Waals surface area (Å²) >= 11 is 0. The molecule has 13 rings (SSSR count). The Morgan fingerprint density at radius 2 is 0.500 bits per heavy atom. The summed E-state index contributed by atoms with van der Waals surface area (Å²) < 4.78 is 0. The third-order valence-corrected chi connectivity index (χ3v) is 13.4. The van der Waals surface area contributed by atoms with Crippen LogP contribution in [0.1, 0.15) is 0 Å². The van der Waals surface area contributed by atoms with Crippen LogP contribution in [0, 0.1) is 0 Å². The first-order chi connectivity index (χ1) is 30.7. The van der Waals surface area contributed by atoms with Crippen LogP contribution in [-0.4, -0.2) is 0 Å². The van der Waals surface area contributed by atoms with Gasteiger partial charge in [-0.05, 0) is 167 Å². The Labute approximate surface area is 359 Å². The number of rotatable bonds is 4. The predicted molar refractivity (Wildman–Crippen MR) is 268 cm³/mol. The average molecular weight is 783 g/mol. The zero-order chi connectivity index (χ0) is 40.7. The molecule has 13 aromatic rings. The van der Waals surface area contributed by atoms with Crippen molar-refractivity contribution in [3.63, 3.8) is 0 Å². The van der Waals surface area contributed by atoms with Crippen molar-refractivity contribution in [2.24, 2.45) is 0 Å². The van der Waals surface area contributed by atoms with Crippen molar-refractivity contribution < 1.29 is 0 Å². The van der Waals surface area contributed by atoms with E-state index in [1.54, 1.807) is 0 Å². The van der Waals surface area contributed by atoms with Crippen LogP contribution >= 0.6 is 0 Å². The van der Waals surface area contributed by atoms with Crippen molar-refractivity contribution in [2.75, 3.05) is 0 Å².